The Balaban J connectivity index is 1.57. The average Bonchev–Trinajstić information content (AvgIpc) is 3.68. The van der Waals surface area contributed by atoms with Crippen LogP contribution in [0.2, 0.25) is 0 Å². The number of nitrogens with zero attached hydrogens (tertiary/aromatic N) is 1. The van der Waals surface area contributed by atoms with Crippen LogP contribution in [0.5, 0.6) is 11.5 Å². The number of anilines is 3. The molecule has 0 radical (unpaired) electrons. The Morgan fingerprint density at radius 3 is 2.39 bits per heavy atom. The van der Waals surface area contributed by atoms with Crippen molar-refractivity contribution in [2.24, 2.45) is 5.92 Å². The Morgan fingerprint density at radius 1 is 1.05 bits per heavy atom. The molecular weight excluding hydrogens is 567 g/mol. The first-order valence-electron chi connectivity index (χ1n) is 12.2. The van der Waals surface area contributed by atoms with Gasteiger partial charge in [0.1, 0.15) is 21.9 Å². The van der Waals surface area contributed by atoms with Gasteiger partial charge in [-0.1, -0.05) is 0 Å². The summed E-state index contributed by atoms with van der Waals surface area (Å²) in [4.78, 5) is 37.5. The number of methoxy groups -OCH3 is 2. The molecule has 2 aromatic carbocycles. The van der Waals surface area contributed by atoms with Crippen molar-refractivity contribution < 1.29 is 46.9 Å². The summed E-state index contributed by atoms with van der Waals surface area (Å²) in [6.45, 7) is 0.185. The van der Waals surface area contributed by atoms with Gasteiger partial charge < -0.3 is 34.9 Å². The van der Waals surface area contributed by atoms with E-state index in [0.29, 0.717) is 12.5 Å². The van der Waals surface area contributed by atoms with E-state index in [1.807, 2.05) is 0 Å². The van der Waals surface area contributed by atoms with Gasteiger partial charge in [-0.25, -0.2) is 27.6 Å². The summed E-state index contributed by atoms with van der Waals surface area (Å²) in [6, 6.07) is 3.55. The molecule has 14 heteroatoms. The molecule has 3 N–H and O–H groups in total. The largest absolute Gasteiger partial charge is 0.494 e. The molecule has 0 spiro atoms. The number of carbonyl (C=O) groups is 3. The number of carboxylic acid groups (broad SMARTS) is 1. The number of hydrogen-bond donors (Lipinski definition) is 3. The van der Waals surface area contributed by atoms with Crippen molar-refractivity contribution in [3.05, 3.63) is 63.1 Å². The Labute approximate surface area is 236 Å². The Morgan fingerprint density at radius 2 is 1.76 bits per heavy atom. The van der Waals surface area contributed by atoms with Crippen molar-refractivity contribution >= 4 is 46.4 Å². The highest BCUT2D eigenvalue weighted by Crippen LogP contribution is 2.37. The normalized spacial score (nSPS) is 12.4. The minimum atomic E-state index is -1.48. The van der Waals surface area contributed by atoms with Crippen LogP contribution in [0.1, 0.15) is 38.4 Å². The second kappa shape index (κ2) is 12.4. The van der Waals surface area contributed by atoms with Gasteiger partial charge in [0.25, 0.3) is 0 Å². The topological polar surface area (TPSA) is 126 Å². The quantitative estimate of drug-likeness (QED) is 0.241. The molecule has 41 heavy (non-hydrogen) atoms. The van der Waals surface area contributed by atoms with Crippen molar-refractivity contribution in [1.82, 2.24) is 0 Å². The van der Waals surface area contributed by atoms with E-state index >= 15 is 0 Å². The number of benzene rings is 2. The van der Waals surface area contributed by atoms with Gasteiger partial charge >= 0.3 is 18.0 Å². The van der Waals surface area contributed by atoms with E-state index in [1.54, 1.807) is 0 Å². The molecule has 1 saturated carbocycles. The molecule has 0 aliphatic heterocycles. The summed E-state index contributed by atoms with van der Waals surface area (Å²) in [6.07, 6.45) is 2.01. The minimum Gasteiger partial charge on any atom is -0.494 e. The van der Waals surface area contributed by atoms with Gasteiger partial charge in [-0.2, -0.15) is 0 Å². The van der Waals surface area contributed by atoms with Crippen molar-refractivity contribution in [1.29, 1.82) is 0 Å². The molecule has 3 aromatic rings. The number of nitrogens with one attached hydrogen (secondary N) is 2. The van der Waals surface area contributed by atoms with Crippen LogP contribution < -0.4 is 25.0 Å². The first-order valence-corrected chi connectivity index (χ1v) is 13.1. The maximum Gasteiger partial charge on any atom is 0.349 e. The van der Waals surface area contributed by atoms with Crippen molar-refractivity contribution in [3.63, 3.8) is 0 Å². The van der Waals surface area contributed by atoms with E-state index in [2.05, 4.69) is 15.4 Å². The lowest BCUT2D eigenvalue weighted by molar-refractivity contribution is 0.0589. The predicted octanol–water partition coefficient (Wildman–Crippen LogP) is 5.73. The summed E-state index contributed by atoms with van der Waals surface area (Å²) in [5, 5.41) is 15.3. The van der Waals surface area contributed by atoms with E-state index in [4.69, 9.17) is 9.47 Å². The average molecular weight is 594 g/mol. The van der Waals surface area contributed by atoms with Crippen LogP contribution >= 0.6 is 11.3 Å². The number of aromatic carboxylic acids is 1. The number of rotatable bonds is 11. The molecular formula is C27H26F3N3O7S. The van der Waals surface area contributed by atoms with Crippen LogP contribution in [-0.2, 0) is 11.3 Å². The number of carbonyl (C=O) groups excluding carboxylic acids is 2. The van der Waals surface area contributed by atoms with Gasteiger partial charge in [0, 0.05) is 25.0 Å². The maximum absolute atomic E-state index is 14.9. The molecule has 10 nitrogen and oxygen atoms in total. The second-order valence-corrected chi connectivity index (χ2v) is 10.1. The summed E-state index contributed by atoms with van der Waals surface area (Å²) in [7, 11) is 3.91. The van der Waals surface area contributed by atoms with E-state index in [-0.39, 0.29) is 45.5 Å². The molecule has 1 heterocycles. The Kier molecular flexibility index (Phi) is 8.91. The monoisotopic (exact) mass is 593 g/mol. The number of amides is 2. The molecule has 0 saturated heterocycles. The highest BCUT2D eigenvalue weighted by molar-refractivity contribution is 7.13. The number of thiophene rings is 1. The minimum absolute atomic E-state index is 0.0435. The number of urea groups is 1. The number of hydrogen-bond acceptors (Lipinski definition) is 8. The fourth-order valence-electron chi connectivity index (χ4n) is 3.95. The van der Waals surface area contributed by atoms with Gasteiger partial charge in [-0.05, 0) is 37.0 Å². The highest BCUT2D eigenvalue weighted by Gasteiger charge is 2.27. The first-order chi connectivity index (χ1) is 19.5. The third-order valence-electron chi connectivity index (χ3n) is 6.27. The third kappa shape index (κ3) is 6.65. The molecule has 1 aliphatic carbocycles. The lowest BCUT2D eigenvalue weighted by Crippen LogP contribution is -2.23. The summed E-state index contributed by atoms with van der Waals surface area (Å²) in [5.74, 6) is -4.81. The van der Waals surface area contributed by atoms with Crippen LogP contribution in [0.15, 0.2) is 29.6 Å². The lowest BCUT2D eigenvalue weighted by Gasteiger charge is -2.24. The molecule has 1 aromatic heterocycles. The zero-order chi connectivity index (χ0) is 29.8. The van der Waals surface area contributed by atoms with E-state index in [1.165, 1.54) is 36.6 Å². The van der Waals surface area contributed by atoms with Crippen LogP contribution in [-0.4, -0.2) is 51.0 Å². The van der Waals surface area contributed by atoms with Crippen molar-refractivity contribution in [3.8, 4) is 11.5 Å². The van der Waals surface area contributed by atoms with E-state index in [9.17, 15) is 32.7 Å². The number of carboxylic acids is 1. The van der Waals surface area contributed by atoms with Crippen LogP contribution in [0.3, 0.4) is 0 Å². The molecule has 0 atom stereocenters. The van der Waals surface area contributed by atoms with Crippen molar-refractivity contribution in [2.45, 2.75) is 19.4 Å². The van der Waals surface area contributed by atoms with Gasteiger partial charge in [0.05, 0.1) is 43.5 Å². The third-order valence-corrected chi connectivity index (χ3v) is 7.23. The summed E-state index contributed by atoms with van der Waals surface area (Å²) >= 11 is 0.750. The molecule has 218 valence electrons. The van der Waals surface area contributed by atoms with E-state index in [0.717, 1.165) is 43.4 Å². The lowest BCUT2D eigenvalue weighted by atomic mass is 10.1. The molecule has 4 rings (SSSR count). The van der Waals surface area contributed by atoms with Crippen molar-refractivity contribution in [2.75, 3.05) is 43.4 Å². The van der Waals surface area contributed by atoms with E-state index < -0.39 is 41.0 Å². The molecule has 1 aliphatic rings. The highest BCUT2D eigenvalue weighted by atomic mass is 32.1. The van der Waals surface area contributed by atoms with Gasteiger partial charge in [0.2, 0.25) is 0 Å². The number of halogens is 3. The second-order valence-electron chi connectivity index (χ2n) is 9.18. The smallest absolute Gasteiger partial charge is 0.349 e. The fraction of sp³-hybridized carbons (Fsp3) is 0.296. The number of ether oxygens (including phenoxy) is 3. The van der Waals surface area contributed by atoms with Gasteiger partial charge in [-0.15, -0.1) is 11.3 Å². The number of esters is 1. The van der Waals surface area contributed by atoms with Crippen LogP contribution in [0.25, 0.3) is 0 Å². The molecule has 0 bridgehead atoms. The Bertz CT molecular complexity index is 1490. The first kappa shape index (κ1) is 29.5. The molecule has 0 unspecified atom stereocenters. The zero-order valence-electron chi connectivity index (χ0n) is 22.2. The van der Waals surface area contributed by atoms with Crippen LogP contribution in [0.4, 0.5) is 35.0 Å². The SMILES string of the molecule is COC(=O)c1scc(NC(=O)Nc2cc(N(C)Cc3c(OCC4CC4)ccc(F)c3F)c(OC)cc2F)c1C(=O)O. The fourth-order valence-corrected chi connectivity index (χ4v) is 4.86. The Hall–Kier alpha value is -4.46. The summed E-state index contributed by atoms with van der Waals surface area (Å²) in [5.41, 5.74) is -0.839. The zero-order valence-corrected chi connectivity index (χ0v) is 23.0. The maximum atomic E-state index is 14.9. The van der Waals surface area contributed by atoms with Gasteiger partial charge in [-0.3, -0.25) is 0 Å². The standard InChI is InChI=1S/C27H26F3N3O7S/c1-33(10-14-20(40-11-13-4-5-13)7-6-15(28)23(14)30)19-9-17(16(29)8-21(19)38-2)31-27(37)32-18-12-41-24(26(36)39-3)22(18)25(34)35/h6-9,12-13H,4-5,10-11H2,1-3H3,(H,34,35)(H2,31,32,37). The predicted molar refractivity (Wildman–Crippen MR) is 145 cm³/mol. The molecule has 1 fully saturated rings. The van der Waals surface area contributed by atoms with Gasteiger partial charge in [0.15, 0.2) is 17.5 Å². The summed E-state index contributed by atoms with van der Waals surface area (Å²) < 4.78 is 59.4. The molecule has 2 amide bonds. The van der Waals surface area contributed by atoms with Crippen LogP contribution in [0, 0.1) is 23.4 Å².